The SMILES string of the molecule is CC(C)C1=CC(C)C(C)O1. The van der Waals surface area contributed by atoms with Gasteiger partial charge in [0, 0.05) is 11.8 Å². The van der Waals surface area contributed by atoms with Crippen molar-refractivity contribution in [2.45, 2.75) is 33.8 Å². The number of allylic oxidation sites excluding steroid dienone is 1. The fourth-order valence-electron chi connectivity index (χ4n) is 1.08. The first-order chi connectivity index (χ1) is 4.61. The van der Waals surface area contributed by atoms with Crippen molar-refractivity contribution >= 4 is 0 Å². The average molecular weight is 140 g/mol. The van der Waals surface area contributed by atoms with Gasteiger partial charge in [-0.2, -0.15) is 0 Å². The van der Waals surface area contributed by atoms with E-state index >= 15 is 0 Å². The Morgan fingerprint density at radius 1 is 1.40 bits per heavy atom. The third-order valence-electron chi connectivity index (χ3n) is 2.06. The normalized spacial score (nSPS) is 32.3. The Morgan fingerprint density at radius 2 is 2.00 bits per heavy atom. The third-order valence-corrected chi connectivity index (χ3v) is 2.06. The highest BCUT2D eigenvalue weighted by atomic mass is 16.5. The zero-order valence-corrected chi connectivity index (χ0v) is 7.22. The van der Waals surface area contributed by atoms with E-state index in [0.29, 0.717) is 17.9 Å². The maximum Gasteiger partial charge on any atom is 0.101 e. The van der Waals surface area contributed by atoms with Crippen LogP contribution in [0.15, 0.2) is 11.8 Å². The summed E-state index contributed by atoms with van der Waals surface area (Å²) in [6, 6.07) is 0. The van der Waals surface area contributed by atoms with Crippen LogP contribution in [0.2, 0.25) is 0 Å². The molecular weight excluding hydrogens is 124 g/mol. The van der Waals surface area contributed by atoms with Crippen LogP contribution in [0, 0.1) is 11.8 Å². The maximum absolute atomic E-state index is 5.60. The van der Waals surface area contributed by atoms with Crippen molar-refractivity contribution < 1.29 is 4.74 Å². The van der Waals surface area contributed by atoms with E-state index in [1.165, 1.54) is 5.76 Å². The lowest BCUT2D eigenvalue weighted by atomic mass is 10.1. The third kappa shape index (κ3) is 1.34. The molecule has 0 saturated carbocycles. The highest BCUT2D eigenvalue weighted by Gasteiger charge is 2.22. The Bertz CT molecular complexity index is 147. The second-order valence-corrected chi connectivity index (χ2v) is 3.41. The smallest absolute Gasteiger partial charge is 0.101 e. The van der Waals surface area contributed by atoms with E-state index in [1.54, 1.807) is 0 Å². The molecule has 1 heteroatoms. The first kappa shape index (κ1) is 7.64. The van der Waals surface area contributed by atoms with Gasteiger partial charge in [0.25, 0.3) is 0 Å². The summed E-state index contributed by atoms with van der Waals surface area (Å²) < 4.78 is 5.60. The Morgan fingerprint density at radius 3 is 2.20 bits per heavy atom. The van der Waals surface area contributed by atoms with Gasteiger partial charge in [-0.1, -0.05) is 20.8 Å². The van der Waals surface area contributed by atoms with Crippen LogP contribution in [0.3, 0.4) is 0 Å². The van der Waals surface area contributed by atoms with E-state index in [4.69, 9.17) is 4.74 Å². The predicted octanol–water partition coefficient (Wildman–Crippen LogP) is 2.58. The number of rotatable bonds is 1. The molecule has 0 aromatic rings. The lowest BCUT2D eigenvalue weighted by molar-refractivity contribution is 0.117. The molecule has 1 aliphatic rings. The number of hydrogen-bond donors (Lipinski definition) is 0. The van der Waals surface area contributed by atoms with Crippen LogP contribution >= 0.6 is 0 Å². The highest BCUT2D eigenvalue weighted by molar-refractivity contribution is 5.06. The second kappa shape index (κ2) is 2.65. The summed E-state index contributed by atoms with van der Waals surface area (Å²) in [7, 11) is 0. The van der Waals surface area contributed by atoms with Gasteiger partial charge in [0.1, 0.15) is 6.10 Å². The van der Waals surface area contributed by atoms with Gasteiger partial charge in [0.15, 0.2) is 0 Å². The average Bonchev–Trinajstić information content (AvgIpc) is 2.13. The lowest BCUT2D eigenvalue weighted by Crippen LogP contribution is -2.08. The Kier molecular flexibility index (Phi) is 2.02. The molecule has 58 valence electrons. The van der Waals surface area contributed by atoms with Crippen molar-refractivity contribution in [3.63, 3.8) is 0 Å². The molecule has 1 nitrogen and oxygen atoms in total. The minimum atomic E-state index is 0.386. The molecule has 10 heavy (non-hydrogen) atoms. The molecule has 1 aliphatic heterocycles. The van der Waals surface area contributed by atoms with Crippen molar-refractivity contribution in [1.29, 1.82) is 0 Å². The van der Waals surface area contributed by atoms with Crippen LogP contribution in [0.25, 0.3) is 0 Å². The summed E-state index contributed by atoms with van der Waals surface area (Å²) in [6.07, 6.45) is 2.62. The van der Waals surface area contributed by atoms with Crippen LogP contribution in [0.1, 0.15) is 27.7 Å². The molecule has 0 N–H and O–H groups in total. The van der Waals surface area contributed by atoms with Crippen molar-refractivity contribution in [3.05, 3.63) is 11.8 Å². The molecule has 0 aliphatic carbocycles. The molecule has 0 fully saturated rings. The molecular formula is C9H16O. The molecule has 0 bridgehead atoms. The first-order valence-corrected chi connectivity index (χ1v) is 3.99. The fourth-order valence-corrected chi connectivity index (χ4v) is 1.08. The van der Waals surface area contributed by atoms with Gasteiger partial charge in [0.05, 0.1) is 5.76 Å². The number of hydrogen-bond acceptors (Lipinski definition) is 1. The molecule has 1 rings (SSSR count). The minimum Gasteiger partial charge on any atom is -0.495 e. The van der Waals surface area contributed by atoms with Gasteiger partial charge < -0.3 is 4.74 Å². The molecule has 2 atom stereocenters. The van der Waals surface area contributed by atoms with Crippen molar-refractivity contribution in [3.8, 4) is 0 Å². The summed E-state index contributed by atoms with van der Waals surface area (Å²) >= 11 is 0. The van der Waals surface area contributed by atoms with Crippen LogP contribution in [-0.2, 0) is 4.74 Å². The zero-order valence-electron chi connectivity index (χ0n) is 7.22. The summed E-state index contributed by atoms with van der Waals surface area (Å²) in [5, 5.41) is 0. The molecule has 0 aromatic carbocycles. The molecule has 0 saturated heterocycles. The van der Waals surface area contributed by atoms with Crippen LogP contribution in [0.5, 0.6) is 0 Å². The van der Waals surface area contributed by atoms with Crippen molar-refractivity contribution in [2.75, 3.05) is 0 Å². The van der Waals surface area contributed by atoms with Crippen LogP contribution in [0.4, 0.5) is 0 Å². The summed E-state index contributed by atoms with van der Waals surface area (Å²) in [4.78, 5) is 0. The second-order valence-electron chi connectivity index (χ2n) is 3.41. The van der Waals surface area contributed by atoms with E-state index in [-0.39, 0.29) is 0 Å². The lowest BCUT2D eigenvalue weighted by Gasteiger charge is -2.12. The van der Waals surface area contributed by atoms with E-state index < -0.39 is 0 Å². The van der Waals surface area contributed by atoms with E-state index in [2.05, 4.69) is 33.8 Å². The van der Waals surface area contributed by atoms with E-state index in [9.17, 15) is 0 Å². The van der Waals surface area contributed by atoms with Gasteiger partial charge in [-0.3, -0.25) is 0 Å². The number of ether oxygens (including phenoxy) is 1. The van der Waals surface area contributed by atoms with Crippen molar-refractivity contribution in [1.82, 2.24) is 0 Å². The van der Waals surface area contributed by atoms with Gasteiger partial charge in [-0.15, -0.1) is 0 Å². The highest BCUT2D eigenvalue weighted by Crippen LogP contribution is 2.26. The molecule has 1 heterocycles. The molecule has 0 spiro atoms. The summed E-state index contributed by atoms with van der Waals surface area (Å²) in [6.45, 7) is 8.64. The van der Waals surface area contributed by atoms with E-state index in [0.717, 1.165) is 0 Å². The van der Waals surface area contributed by atoms with Gasteiger partial charge in [-0.05, 0) is 13.0 Å². The predicted molar refractivity (Wildman–Crippen MR) is 42.6 cm³/mol. The first-order valence-electron chi connectivity index (χ1n) is 3.99. The molecule has 0 amide bonds. The monoisotopic (exact) mass is 140 g/mol. The summed E-state index contributed by atoms with van der Waals surface area (Å²) in [5.74, 6) is 2.31. The maximum atomic E-state index is 5.60. The van der Waals surface area contributed by atoms with Gasteiger partial charge in [0.2, 0.25) is 0 Å². The largest absolute Gasteiger partial charge is 0.495 e. The van der Waals surface area contributed by atoms with Crippen molar-refractivity contribution in [2.24, 2.45) is 11.8 Å². The summed E-state index contributed by atoms with van der Waals surface area (Å²) in [5.41, 5.74) is 0. The Balaban J connectivity index is 2.58. The quantitative estimate of drug-likeness (QED) is 0.544. The van der Waals surface area contributed by atoms with E-state index in [1.807, 2.05) is 0 Å². The standard InChI is InChI=1S/C9H16O/c1-6(2)9-5-7(3)8(4)10-9/h5-8H,1-4H3. The van der Waals surface area contributed by atoms with Crippen LogP contribution < -0.4 is 0 Å². The molecule has 0 radical (unpaired) electrons. The zero-order chi connectivity index (χ0) is 7.72. The molecule has 2 unspecified atom stereocenters. The van der Waals surface area contributed by atoms with Gasteiger partial charge in [-0.25, -0.2) is 0 Å². The Hall–Kier alpha value is -0.460. The topological polar surface area (TPSA) is 9.23 Å². The Labute approximate surface area is 63.1 Å². The minimum absolute atomic E-state index is 0.386. The fraction of sp³-hybridized carbons (Fsp3) is 0.778. The van der Waals surface area contributed by atoms with Crippen LogP contribution in [-0.4, -0.2) is 6.10 Å². The molecule has 0 aromatic heterocycles. The van der Waals surface area contributed by atoms with Gasteiger partial charge >= 0.3 is 0 Å².